The van der Waals surface area contributed by atoms with Gasteiger partial charge in [-0.05, 0) is 77.2 Å². The van der Waals surface area contributed by atoms with E-state index in [1.165, 1.54) is 86.5 Å². The molecule has 2 aliphatic rings. The first-order valence-corrected chi connectivity index (χ1v) is 15.0. The number of hydrogen-bond donors (Lipinski definition) is 0. The van der Waals surface area contributed by atoms with Crippen LogP contribution in [0.2, 0.25) is 5.02 Å². The van der Waals surface area contributed by atoms with Crippen LogP contribution in [0.25, 0.3) is 11.1 Å². The highest BCUT2D eigenvalue weighted by Gasteiger charge is 2.35. The van der Waals surface area contributed by atoms with E-state index in [0.717, 1.165) is 16.3 Å². The lowest BCUT2D eigenvalue weighted by molar-refractivity contribution is 0.487. The monoisotopic (exact) mass is 468 g/mol. The van der Waals surface area contributed by atoms with E-state index in [1.807, 2.05) is 0 Å². The van der Waals surface area contributed by atoms with Crippen molar-refractivity contribution >= 4 is 24.8 Å². The SMILES string of the molecule is CC(C)c1cccc(C(C)C)c1-c1cccc(Cl)c1P(C1CCCCC1)C1CCCCC1. The molecule has 0 atom stereocenters. The van der Waals surface area contributed by atoms with Gasteiger partial charge in [-0.15, -0.1) is 0 Å². The first-order chi connectivity index (χ1) is 15.5. The summed E-state index contributed by atoms with van der Waals surface area (Å²) in [7, 11) is -0.253. The Morgan fingerprint density at radius 2 is 1.16 bits per heavy atom. The highest BCUT2D eigenvalue weighted by molar-refractivity contribution is 7.67. The summed E-state index contributed by atoms with van der Waals surface area (Å²) in [6, 6.07) is 13.8. The Bertz CT molecular complexity index is 843. The van der Waals surface area contributed by atoms with Crippen LogP contribution in [0.15, 0.2) is 36.4 Å². The summed E-state index contributed by atoms with van der Waals surface area (Å²) < 4.78 is 0. The molecule has 2 aliphatic carbocycles. The van der Waals surface area contributed by atoms with Crippen molar-refractivity contribution in [3.8, 4) is 11.1 Å². The van der Waals surface area contributed by atoms with Gasteiger partial charge in [0, 0.05) is 10.3 Å². The van der Waals surface area contributed by atoms with Crippen LogP contribution in [0.1, 0.15) is 115 Å². The predicted octanol–water partition coefficient (Wildman–Crippen LogP) is 10.0. The molecule has 0 spiro atoms. The average molecular weight is 469 g/mol. The Balaban J connectivity index is 1.93. The van der Waals surface area contributed by atoms with Gasteiger partial charge in [0.25, 0.3) is 0 Å². The van der Waals surface area contributed by atoms with E-state index in [1.54, 1.807) is 5.30 Å². The van der Waals surface area contributed by atoms with Gasteiger partial charge in [-0.25, -0.2) is 0 Å². The molecule has 0 heterocycles. The molecular weight excluding hydrogens is 427 g/mol. The first-order valence-electron chi connectivity index (χ1n) is 13.2. The molecule has 0 bridgehead atoms. The Morgan fingerprint density at radius 1 is 0.688 bits per heavy atom. The van der Waals surface area contributed by atoms with Gasteiger partial charge in [0.05, 0.1) is 0 Å². The Hall–Kier alpha value is -0.840. The fourth-order valence-electron chi connectivity index (χ4n) is 6.22. The average Bonchev–Trinajstić information content (AvgIpc) is 2.81. The molecule has 0 amide bonds. The van der Waals surface area contributed by atoms with Gasteiger partial charge in [-0.3, -0.25) is 0 Å². The van der Waals surface area contributed by atoms with E-state index >= 15 is 0 Å². The minimum Gasteiger partial charge on any atom is -0.0836 e. The number of rotatable bonds is 6. The lowest BCUT2D eigenvalue weighted by Crippen LogP contribution is -2.28. The zero-order valence-electron chi connectivity index (χ0n) is 20.7. The molecule has 32 heavy (non-hydrogen) atoms. The molecule has 2 heteroatoms. The number of benzene rings is 2. The van der Waals surface area contributed by atoms with Crippen LogP contribution in [0.3, 0.4) is 0 Å². The topological polar surface area (TPSA) is 0 Å². The van der Waals surface area contributed by atoms with Crippen LogP contribution in [-0.4, -0.2) is 11.3 Å². The van der Waals surface area contributed by atoms with E-state index in [9.17, 15) is 0 Å². The summed E-state index contributed by atoms with van der Waals surface area (Å²) in [6.45, 7) is 9.38. The van der Waals surface area contributed by atoms with Crippen molar-refractivity contribution in [1.82, 2.24) is 0 Å². The van der Waals surface area contributed by atoms with E-state index in [2.05, 4.69) is 64.1 Å². The molecule has 2 aromatic carbocycles. The third-order valence-electron chi connectivity index (χ3n) is 7.82. The van der Waals surface area contributed by atoms with E-state index in [-0.39, 0.29) is 7.92 Å². The van der Waals surface area contributed by atoms with Gasteiger partial charge < -0.3 is 0 Å². The Morgan fingerprint density at radius 3 is 1.62 bits per heavy atom. The zero-order chi connectivity index (χ0) is 22.7. The fraction of sp³-hybridized carbons (Fsp3) is 0.600. The van der Waals surface area contributed by atoms with Crippen molar-refractivity contribution in [3.63, 3.8) is 0 Å². The van der Waals surface area contributed by atoms with Crippen LogP contribution in [0.4, 0.5) is 0 Å². The van der Waals surface area contributed by atoms with Crippen molar-refractivity contribution in [2.45, 2.75) is 115 Å². The lowest BCUT2D eigenvalue weighted by Gasteiger charge is -2.40. The van der Waals surface area contributed by atoms with Gasteiger partial charge in [0.15, 0.2) is 0 Å². The molecule has 4 rings (SSSR count). The number of halogens is 1. The molecule has 2 aromatic rings. The maximum Gasteiger partial charge on any atom is 0.0489 e. The highest BCUT2D eigenvalue weighted by Crippen LogP contribution is 2.57. The van der Waals surface area contributed by atoms with Gasteiger partial charge in [0.1, 0.15) is 0 Å². The second kappa shape index (κ2) is 11.1. The third-order valence-corrected chi connectivity index (χ3v) is 11.9. The van der Waals surface area contributed by atoms with Crippen LogP contribution >= 0.6 is 19.5 Å². The van der Waals surface area contributed by atoms with E-state index in [0.29, 0.717) is 11.8 Å². The molecular formula is C30H42ClP. The Kier molecular flexibility index (Phi) is 8.39. The molecule has 0 saturated heterocycles. The molecule has 2 fully saturated rings. The van der Waals surface area contributed by atoms with E-state index < -0.39 is 0 Å². The van der Waals surface area contributed by atoms with Gasteiger partial charge >= 0.3 is 0 Å². The fourth-order valence-corrected chi connectivity index (χ4v) is 10.6. The van der Waals surface area contributed by atoms with Crippen molar-refractivity contribution in [1.29, 1.82) is 0 Å². The minimum atomic E-state index is -0.253. The summed E-state index contributed by atoms with van der Waals surface area (Å²) in [4.78, 5) is 0. The highest BCUT2D eigenvalue weighted by atomic mass is 35.5. The molecule has 0 radical (unpaired) electrons. The van der Waals surface area contributed by atoms with Crippen molar-refractivity contribution in [2.75, 3.05) is 0 Å². The minimum absolute atomic E-state index is 0.253. The molecule has 0 unspecified atom stereocenters. The number of hydrogen-bond acceptors (Lipinski definition) is 0. The molecule has 0 aliphatic heterocycles. The molecule has 2 saturated carbocycles. The molecule has 0 N–H and O–H groups in total. The summed E-state index contributed by atoms with van der Waals surface area (Å²) in [6.07, 6.45) is 14.1. The quantitative estimate of drug-likeness (QED) is 0.370. The predicted molar refractivity (Wildman–Crippen MR) is 145 cm³/mol. The summed E-state index contributed by atoms with van der Waals surface area (Å²) in [5.41, 5.74) is 7.65. The van der Waals surface area contributed by atoms with Crippen LogP contribution < -0.4 is 5.30 Å². The third kappa shape index (κ3) is 5.13. The smallest absolute Gasteiger partial charge is 0.0489 e. The van der Waals surface area contributed by atoms with E-state index in [4.69, 9.17) is 11.6 Å². The molecule has 174 valence electrons. The second-order valence-electron chi connectivity index (χ2n) is 10.7. The van der Waals surface area contributed by atoms with Crippen LogP contribution in [0.5, 0.6) is 0 Å². The first kappa shape index (κ1) is 24.3. The Labute approximate surface area is 203 Å². The van der Waals surface area contributed by atoms with Gasteiger partial charge in [-0.2, -0.15) is 0 Å². The normalized spacial score (nSPS) is 18.8. The van der Waals surface area contributed by atoms with Gasteiger partial charge in [0.2, 0.25) is 0 Å². The van der Waals surface area contributed by atoms with Crippen LogP contribution in [-0.2, 0) is 0 Å². The second-order valence-corrected chi connectivity index (χ2v) is 13.9. The standard InChI is InChI=1S/C30H42ClP/c1-21(2)25-17-11-18-26(22(3)4)29(25)27-19-12-20-28(31)30(27)32(23-13-7-5-8-14-23)24-15-9-6-10-16-24/h11-12,17-24H,5-10,13-16H2,1-4H3. The summed E-state index contributed by atoms with van der Waals surface area (Å²) >= 11 is 7.19. The van der Waals surface area contributed by atoms with Crippen molar-refractivity contribution in [2.24, 2.45) is 0 Å². The molecule has 0 nitrogen and oxygen atoms in total. The van der Waals surface area contributed by atoms with Crippen molar-refractivity contribution < 1.29 is 0 Å². The van der Waals surface area contributed by atoms with Crippen LogP contribution in [0, 0.1) is 0 Å². The largest absolute Gasteiger partial charge is 0.0836 e. The van der Waals surface area contributed by atoms with Gasteiger partial charge in [-0.1, -0.05) is 116 Å². The summed E-state index contributed by atoms with van der Waals surface area (Å²) in [5.74, 6) is 1.01. The molecule has 0 aromatic heterocycles. The zero-order valence-corrected chi connectivity index (χ0v) is 22.3. The maximum absolute atomic E-state index is 7.19. The maximum atomic E-state index is 7.19. The lowest BCUT2D eigenvalue weighted by atomic mass is 9.85. The summed E-state index contributed by atoms with van der Waals surface area (Å²) in [5, 5.41) is 2.59. The van der Waals surface area contributed by atoms with Crippen molar-refractivity contribution in [3.05, 3.63) is 52.5 Å².